The number of benzene rings is 1. The summed E-state index contributed by atoms with van der Waals surface area (Å²) in [4.78, 5) is 3.31. The lowest BCUT2D eigenvalue weighted by Gasteiger charge is -2.29. The van der Waals surface area contributed by atoms with Crippen LogP contribution in [0.4, 0.5) is 0 Å². The molecule has 0 saturated carbocycles. The fraction of sp³-hybridized carbons (Fsp3) is 0.400. The zero-order valence-electron chi connectivity index (χ0n) is 12.3. The third kappa shape index (κ3) is 3.63. The molecule has 0 bridgehead atoms. The fourth-order valence-electron chi connectivity index (χ4n) is 2.20. The normalized spacial score (nSPS) is 17.6. The first-order valence-corrected chi connectivity index (χ1v) is 8.41. The van der Waals surface area contributed by atoms with Gasteiger partial charge in [-0.05, 0) is 19.1 Å². The average molecular weight is 306 g/mol. The minimum Gasteiger partial charge on any atom is -0.364 e. The largest absolute Gasteiger partial charge is 0.364 e. The Morgan fingerprint density at radius 1 is 1.29 bits per heavy atom. The van der Waals surface area contributed by atoms with Crippen LogP contribution in [0.5, 0.6) is 0 Å². The minimum absolute atomic E-state index is 0.167. The summed E-state index contributed by atoms with van der Waals surface area (Å²) in [5, 5.41) is 9.23. The number of sulfone groups is 1. The first-order chi connectivity index (χ1) is 9.93. The number of piperazine rings is 1. The van der Waals surface area contributed by atoms with Crippen LogP contribution in [-0.2, 0) is 9.84 Å². The van der Waals surface area contributed by atoms with E-state index in [9.17, 15) is 13.7 Å². The number of nitrogens with zero attached hydrogens (tertiary/aromatic N) is 2. The highest BCUT2D eigenvalue weighted by atomic mass is 32.2. The highest BCUT2D eigenvalue weighted by Crippen LogP contribution is 2.19. The van der Waals surface area contributed by atoms with Crippen molar-refractivity contribution in [3.05, 3.63) is 40.9 Å². The number of likely N-dealkylation sites (N-methyl/N-ethyl adjacent to an activating group) is 1. The summed E-state index contributed by atoms with van der Waals surface area (Å²) in [7, 11) is -1.62. The van der Waals surface area contributed by atoms with Gasteiger partial charge in [-0.15, -0.1) is 0 Å². The molecular formula is C15H20N3O2S+. The van der Waals surface area contributed by atoms with E-state index in [-0.39, 0.29) is 9.80 Å². The van der Waals surface area contributed by atoms with Crippen molar-refractivity contribution < 1.29 is 13.3 Å². The molecule has 0 amide bonds. The van der Waals surface area contributed by atoms with Crippen molar-refractivity contribution in [2.24, 2.45) is 0 Å². The fourth-order valence-corrected chi connectivity index (χ4v) is 3.36. The van der Waals surface area contributed by atoms with Crippen LogP contribution >= 0.6 is 0 Å². The number of hydrogen-bond acceptors (Lipinski definition) is 4. The third-order valence-electron chi connectivity index (χ3n) is 3.68. The summed E-state index contributed by atoms with van der Waals surface area (Å²) in [5.74, 6) is 0. The van der Waals surface area contributed by atoms with E-state index < -0.39 is 9.84 Å². The Bertz CT molecular complexity index is 664. The second-order valence-electron chi connectivity index (χ2n) is 5.41. The Morgan fingerprint density at radius 2 is 1.86 bits per heavy atom. The molecule has 0 aliphatic carbocycles. The lowest BCUT2D eigenvalue weighted by molar-refractivity contribution is -0.883. The summed E-state index contributed by atoms with van der Waals surface area (Å²) in [5.41, 5.74) is 0.985. The van der Waals surface area contributed by atoms with Gasteiger partial charge in [-0.3, -0.25) is 0 Å². The van der Waals surface area contributed by atoms with Crippen LogP contribution in [0.3, 0.4) is 0 Å². The van der Waals surface area contributed by atoms with Gasteiger partial charge in [0, 0.05) is 6.20 Å². The lowest BCUT2D eigenvalue weighted by Crippen LogP contribution is -3.11. The smallest absolute Gasteiger partial charge is 0.218 e. The van der Waals surface area contributed by atoms with Gasteiger partial charge in [-0.1, -0.05) is 17.7 Å². The Morgan fingerprint density at radius 3 is 2.38 bits per heavy atom. The van der Waals surface area contributed by atoms with Crippen molar-refractivity contribution in [3.8, 4) is 6.07 Å². The molecule has 1 saturated heterocycles. The number of rotatable bonds is 3. The number of nitrogens with one attached hydrogen (secondary N) is 1. The van der Waals surface area contributed by atoms with Crippen LogP contribution in [0.25, 0.3) is 0 Å². The number of aryl methyl sites for hydroxylation is 1. The first kappa shape index (κ1) is 15.5. The molecule has 0 aromatic heterocycles. The average Bonchev–Trinajstić information content (AvgIpc) is 2.47. The molecule has 0 unspecified atom stereocenters. The second-order valence-corrected chi connectivity index (χ2v) is 7.33. The van der Waals surface area contributed by atoms with Gasteiger partial charge >= 0.3 is 0 Å². The van der Waals surface area contributed by atoms with Crippen molar-refractivity contribution in [2.45, 2.75) is 11.8 Å². The molecule has 2 rings (SSSR count). The molecule has 0 spiro atoms. The van der Waals surface area contributed by atoms with E-state index >= 15 is 0 Å². The summed E-state index contributed by atoms with van der Waals surface area (Å²) in [6, 6.07) is 8.40. The summed E-state index contributed by atoms with van der Waals surface area (Å²) >= 11 is 0. The monoisotopic (exact) mass is 306 g/mol. The van der Waals surface area contributed by atoms with Crippen molar-refractivity contribution in [1.29, 1.82) is 5.26 Å². The SMILES string of the molecule is Cc1ccc(S(=O)(=O)/C(C#N)=C/N2CC[NH+](C)CC2)cc1. The van der Waals surface area contributed by atoms with Gasteiger partial charge < -0.3 is 9.80 Å². The topological polar surface area (TPSA) is 65.6 Å². The second kappa shape index (κ2) is 6.29. The van der Waals surface area contributed by atoms with Gasteiger partial charge in [0.15, 0.2) is 4.91 Å². The zero-order chi connectivity index (χ0) is 15.5. The maximum absolute atomic E-state index is 12.5. The maximum Gasteiger partial charge on any atom is 0.218 e. The van der Waals surface area contributed by atoms with E-state index in [2.05, 4.69) is 7.05 Å². The summed E-state index contributed by atoms with van der Waals surface area (Å²) in [6.45, 7) is 5.31. The van der Waals surface area contributed by atoms with Gasteiger partial charge in [-0.2, -0.15) is 5.26 Å². The van der Waals surface area contributed by atoms with Gasteiger partial charge in [0.05, 0.1) is 38.1 Å². The van der Waals surface area contributed by atoms with Gasteiger partial charge in [0.2, 0.25) is 9.84 Å². The first-order valence-electron chi connectivity index (χ1n) is 6.92. The van der Waals surface area contributed by atoms with Crippen molar-refractivity contribution in [2.75, 3.05) is 33.2 Å². The van der Waals surface area contributed by atoms with E-state index in [0.29, 0.717) is 0 Å². The van der Waals surface area contributed by atoms with Crippen LogP contribution in [0.15, 0.2) is 40.3 Å². The van der Waals surface area contributed by atoms with Crippen LogP contribution in [0.1, 0.15) is 5.56 Å². The summed E-state index contributed by atoms with van der Waals surface area (Å²) in [6.07, 6.45) is 1.49. The van der Waals surface area contributed by atoms with Gasteiger partial charge in [0.25, 0.3) is 0 Å². The predicted octanol–water partition coefficient (Wildman–Crippen LogP) is -0.0360. The minimum atomic E-state index is -3.73. The number of quaternary nitrogens is 1. The maximum atomic E-state index is 12.5. The molecule has 1 N–H and O–H groups in total. The molecule has 1 heterocycles. The molecule has 21 heavy (non-hydrogen) atoms. The van der Waals surface area contributed by atoms with Crippen molar-refractivity contribution in [1.82, 2.24) is 4.90 Å². The van der Waals surface area contributed by atoms with Crippen LogP contribution < -0.4 is 4.90 Å². The van der Waals surface area contributed by atoms with Crippen molar-refractivity contribution >= 4 is 9.84 Å². The third-order valence-corrected chi connectivity index (χ3v) is 5.35. The molecule has 1 fully saturated rings. The molecule has 6 heteroatoms. The van der Waals surface area contributed by atoms with E-state index in [1.54, 1.807) is 24.3 Å². The molecule has 1 aliphatic rings. The summed E-state index contributed by atoms with van der Waals surface area (Å²) < 4.78 is 25.0. The Balaban J connectivity index is 2.28. The highest BCUT2D eigenvalue weighted by molar-refractivity contribution is 7.95. The van der Waals surface area contributed by atoms with E-state index in [1.165, 1.54) is 11.1 Å². The van der Waals surface area contributed by atoms with Crippen molar-refractivity contribution in [3.63, 3.8) is 0 Å². The number of hydrogen-bond donors (Lipinski definition) is 1. The van der Waals surface area contributed by atoms with Crippen LogP contribution in [0, 0.1) is 18.3 Å². The quantitative estimate of drug-likeness (QED) is 0.796. The molecule has 112 valence electrons. The van der Waals surface area contributed by atoms with E-state index in [0.717, 1.165) is 31.7 Å². The van der Waals surface area contributed by atoms with Crippen LogP contribution in [-0.4, -0.2) is 46.5 Å². The molecule has 1 aromatic carbocycles. The molecule has 1 aromatic rings. The zero-order valence-corrected chi connectivity index (χ0v) is 13.2. The highest BCUT2D eigenvalue weighted by Gasteiger charge is 2.23. The standard InChI is InChI=1S/C15H19N3O2S/c1-13-3-5-14(6-4-13)21(19,20)15(11-16)12-18-9-7-17(2)8-10-18/h3-6,12H,7-10H2,1-2H3/p+1/b15-12+. The van der Waals surface area contributed by atoms with Crippen LogP contribution in [0.2, 0.25) is 0 Å². The molecule has 0 radical (unpaired) electrons. The lowest BCUT2D eigenvalue weighted by atomic mass is 10.2. The molecule has 1 aliphatic heterocycles. The Hall–Kier alpha value is -1.84. The molecular weight excluding hydrogens is 286 g/mol. The molecule has 5 nitrogen and oxygen atoms in total. The number of nitriles is 1. The van der Waals surface area contributed by atoms with E-state index in [1.807, 2.05) is 17.9 Å². The molecule has 0 atom stereocenters. The predicted molar refractivity (Wildman–Crippen MR) is 80.3 cm³/mol. The number of allylic oxidation sites excluding steroid dienone is 1. The van der Waals surface area contributed by atoms with E-state index in [4.69, 9.17) is 0 Å². The van der Waals surface area contributed by atoms with Gasteiger partial charge in [0.1, 0.15) is 6.07 Å². The van der Waals surface area contributed by atoms with Gasteiger partial charge in [-0.25, -0.2) is 8.42 Å². The Kier molecular flexibility index (Phi) is 4.66. The Labute approximate surface area is 126 Å².